The zero-order valence-corrected chi connectivity index (χ0v) is 30.3. The first kappa shape index (κ1) is 35.9. The number of aromatic nitrogens is 3. The zero-order chi connectivity index (χ0) is 36.7. The maximum Gasteiger partial charge on any atom is 0.249 e. The first-order valence-electron chi connectivity index (χ1n) is 17.9. The lowest BCUT2D eigenvalue weighted by Crippen LogP contribution is -2.51. The second-order valence-electron chi connectivity index (χ2n) is 13.4. The third-order valence-electron chi connectivity index (χ3n) is 9.99. The number of ether oxygens (including phenoxy) is 1. The monoisotopic (exact) mass is 738 g/mol. The van der Waals surface area contributed by atoms with Crippen molar-refractivity contribution in [3.05, 3.63) is 83.6 Å². The number of carbonyl (C=O) groups excluding carboxylic acids is 3. The predicted octanol–water partition coefficient (Wildman–Crippen LogP) is 4.77. The van der Waals surface area contributed by atoms with Gasteiger partial charge >= 0.3 is 0 Å². The molecule has 0 saturated carbocycles. The molecule has 15 heteroatoms. The lowest BCUT2D eigenvalue weighted by Gasteiger charge is -2.38. The van der Waals surface area contributed by atoms with Crippen molar-refractivity contribution in [3.63, 3.8) is 0 Å². The van der Waals surface area contributed by atoms with E-state index in [1.807, 2.05) is 53.4 Å². The van der Waals surface area contributed by atoms with E-state index in [9.17, 15) is 14.4 Å². The number of nitrogens with one attached hydrogen (secondary N) is 4. The minimum Gasteiger partial charge on any atom is -0.494 e. The first-order valence-corrected chi connectivity index (χ1v) is 18.3. The standard InChI is InChI=1S/C38H43ClN10O4/c1-53-32-22-28(9-10-30(32)43-38-41-23-29(39)36(46-38)44-33-4-2-3-15-40-33)48-18-20-49(21-19-48)35(51)24-47-16-13-26(14-17-47)25-5-7-27(8-6-25)42-31-11-12-34(50)45-37(31)52/h2-10,15,22-23,26,31,42H,11-14,16-21,24H2,1H3,(H,45,50,52)(H2,40,41,43,44,46). The Morgan fingerprint density at radius 3 is 2.45 bits per heavy atom. The topological polar surface area (TPSA) is 157 Å². The predicted molar refractivity (Wildman–Crippen MR) is 204 cm³/mol. The molecule has 1 atom stereocenters. The summed E-state index contributed by atoms with van der Waals surface area (Å²) in [4.78, 5) is 56.5. The Hall–Kier alpha value is -5.47. The molecule has 4 aromatic rings. The summed E-state index contributed by atoms with van der Waals surface area (Å²) in [6.07, 6.45) is 6.03. The summed E-state index contributed by atoms with van der Waals surface area (Å²) in [5.74, 6) is 2.15. The molecular formula is C38H43ClN10O4. The largest absolute Gasteiger partial charge is 0.494 e. The van der Waals surface area contributed by atoms with Crippen molar-refractivity contribution in [1.29, 1.82) is 0 Å². The Balaban J connectivity index is 0.864. The molecule has 3 aliphatic heterocycles. The highest BCUT2D eigenvalue weighted by Gasteiger charge is 2.28. The highest BCUT2D eigenvalue weighted by atomic mass is 35.5. The number of nitrogens with zero attached hydrogens (tertiary/aromatic N) is 6. The number of imide groups is 1. The van der Waals surface area contributed by atoms with Crippen LogP contribution in [-0.4, -0.2) is 101 Å². The summed E-state index contributed by atoms with van der Waals surface area (Å²) < 4.78 is 5.73. The van der Waals surface area contributed by atoms with Gasteiger partial charge in [0.1, 0.15) is 22.6 Å². The van der Waals surface area contributed by atoms with Gasteiger partial charge in [-0.05, 0) is 80.2 Å². The fraction of sp³-hybridized carbons (Fsp3) is 0.368. The maximum atomic E-state index is 13.3. The molecule has 2 aromatic heterocycles. The molecule has 4 N–H and O–H groups in total. The number of pyridine rings is 1. The van der Waals surface area contributed by atoms with Crippen molar-refractivity contribution in [2.45, 2.75) is 37.6 Å². The molecule has 3 amide bonds. The van der Waals surface area contributed by atoms with Crippen LogP contribution in [0.5, 0.6) is 5.75 Å². The van der Waals surface area contributed by atoms with E-state index < -0.39 is 6.04 Å². The van der Waals surface area contributed by atoms with E-state index in [4.69, 9.17) is 16.3 Å². The van der Waals surface area contributed by atoms with E-state index in [1.54, 1.807) is 13.3 Å². The highest BCUT2D eigenvalue weighted by Crippen LogP contribution is 2.33. The van der Waals surface area contributed by atoms with E-state index in [2.05, 4.69) is 58.2 Å². The number of likely N-dealkylation sites (tertiary alicyclic amines) is 1. The molecule has 1 unspecified atom stereocenters. The first-order chi connectivity index (χ1) is 25.8. The number of amides is 3. The smallest absolute Gasteiger partial charge is 0.249 e. The fourth-order valence-electron chi connectivity index (χ4n) is 6.99. The Morgan fingerprint density at radius 1 is 0.943 bits per heavy atom. The molecule has 0 aliphatic carbocycles. The Bertz CT molecular complexity index is 1920. The molecule has 5 heterocycles. The van der Waals surface area contributed by atoms with Crippen molar-refractivity contribution >= 4 is 64.0 Å². The highest BCUT2D eigenvalue weighted by molar-refractivity contribution is 6.32. The van der Waals surface area contributed by atoms with Gasteiger partial charge in [0.15, 0.2) is 5.82 Å². The Labute approximate surface area is 313 Å². The quantitative estimate of drug-likeness (QED) is 0.157. The summed E-state index contributed by atoms with van der Waals surface area (Å²) in [7, 11) is 1.63. The number of halogens is 1. The van der Waals surface area contributed by atoms with E-state index >= 15 is 0 Å². The van der Waals surface area contributed by atoms with E-state index in [0.717, 1.165) is 50.4 Å². The minimum absolute atomic E-state index is 0.170. The molecule has 53 heavy (non-hydrogen) atoms. The van der Waals surface area contributed by atoms with Gasteiger partial charge in [-0.3, -0.25) is 24.6 Å². The molecule has 0 radical (unpaired) electrons. The number of carbonyl (C=O) groups is 3. The summed E-state index contributed by atoms with van der Waals surface area (Å²) >= 11 is 6.33. The number of hydrogen-bond acceptors (Lipinski definition) is 12. The molecule has 3 fully saturated rings. The summed E-state index contributed by atoms with van der Waals surface area (Å²) in [6.45, 7) is 4.93. The molecule has 0 spiro atoms. The van der Waals surface area contributed by atoms with Crippen LogP contribution in [0, 0.1) is 0 Å². The van der Waals surface area contributed by atoms with Crippen LogP contribution in [0.4, 0.5) is 34.6 Å². The van der Waals surface area contributed by atoms with E-state index in [0.29, 0.717) is 72.4 Å². The van der Waals surface area contributed by atoms with Gasteiger partial charge in [0.25, 0.3) is 0 Å². The van der Waals surface area contributed by atoms with Crippen LogP contribution < -0.4 is 30.9 Å². The number of hydrogen-bond donors (Lipinski definition) is 4. The van der Waals surface area contributed by atoms with Crippen LogP contribution in [0.25, 0.3) is 0 Å². The number of benzene rings is 2. The average molecular weight is 739 g/mol. The third kappa shape index (κ3) is 8.95. The fourth-order valence-corrected chi connectivity index (χ4v) is 7.13. The zero-order valence-electron chi connectivity index (χ0n) is 29.6. The summed E-state index contributed by atoms with van der Waals surface area (Å²) in [5, 5.41) is 12.3. The minimum atomic E-state index is -0.394. The van der Waals surface area contributed by atoms with Crippen LogP contribution in [0.15, 0.2) is 73.1 Å². The second kappa shape index (κ2) is 16.5. The normalized spacial score (nSPS) is 18.3. The van der Waals surface area contributed by atoms with E-state index in [-0.39, 0.29) is 17.7 Å². The van der Waals surface area contributed by atoms with Crippen molar-refractivity contribution in [2.24, 2.45) is 0 Å². The van der Waals surface area contributed by atoms with Crippen LogP contribution in [0.2, 0.25) is 5.02 Å². The van der Waals surface area contributed by atoms with Gasteiger partial charge in [0, 0.05) is 56.2 Å². The van der Waals surface area contributed by atoms with Crippen LogP contribution >= 0.6 is 11.6 Å². The van der Waals surface area contributed by atoms with Gasteiger partial charge in [0.2, 0.25) is 23.7 Å². The number of anilines is 6. The molecule has 0 bridgehead atoms. The third-order valence-corrected chi connectivity index (χ3v) is 10.3. The van der Waals surface area contributed by atoms with Crippen LogP contribution in [0.1, 0.15) is 37.2 Å². The Morgan fingerprint density at radius 2 is 1.74 bits per heavy atom. The summed E-state index contributed by atoms with van der Waals surface area (Å²) in [6, 6.07) is 19.3. The number of piperidine rings is 2. The van der Waals surface area contributed by atoms with Crippen molar-refractivity contribution in [2.75, 3.05) is 73.8 Å². The maximum absolute atomic E-state index is 13.3. The molecule has 14 nitrogen and oxygen atoms in total. The Kier molecular flexibility index (Phi) is 11.2. The number of rotatable bonds is 11. The molecule has 3 saturated heterocycles. The van der Waals surface area contributed by atoms with Gasteiger partial charge in [-0.1, -0.05) is 29.8 Å². The lowest BCUT2D eigenvalue weighted by molar-refractivity contribution is -0.134. The molecule has 276 valence electrons. The SMILES string of the molecule is COc1cc(N2CCN(C(=O)CN3CCC(c4ccc(NC5CCC(=O)NC5=O)cc4)CC3)CC2)ccc1Nc1ncc(Cl)c(Nc2ccccn2)n1. The van der Waals surface area contributed by atoms with Crippen LogP contribution in [-0.2, 0) is 14.4 Å². The van der Waals surface area contributed by atoms with Crippen LogP contribution in [0.3, 0.4) is 0 Å². The molecular weight excluding hydrogens is 696 g/mol. The molecule has 3 aliphatic rings. The number of methoxy groups -OCH3 is 1. The van der Waals surface area contributed by atoms with Gasteiger partial charge in [0.05, 0.1) is 25.5 Å². The van der Waals surface area contributed by atoms with Crippen molar-refractivity contribution < 1.29 is 19.1 Å². The number of piperazine rings is 1. The lowest BCUT2D eigenvalue weighted by atomic mass is 9.89. The second-order valence-corrected chi connectivity index (χ2v) is 13.8. The van der Waals surface area contributed by atoms with E-state index in [1.165, 1.54) is 11.8 Å². The molecule has 2 aromatic carbocycles. The average Bonchev–Trinajstić information content (AvgIpc) is 3.18. The van der Waals surface area contributed by atoms with Gasteiger partial charge in [-0.2, -0.15) is 4.98 Å². The van der Waals surface area contributed by atoms with Gasteiger partial charge in [-0.15, -0.1) is 0 Å². The molecule has 7 rings (SSSR count). The van der Waals surface area contributed by atoms with Gasteiger partial charge < -0.3 is 30.5 Å². The van der Waals surface area contributed by atoms with Gasteiger partial charge in [-0.25, -0.2) is 9.97 Å². The van der Waals surface area contributed by atoms with Crippen molar-refractivity contribution in [1.82, 2.24) is 30.1 Å². The van der Waals surface area contributed by atoms with Crippen molar-refractivity contribution in [3.8, 4) is 5.75 Å². The summed E-state index contributed by atoms with van der Waals surface area (Å²) in [5.41, 5.74) is 3.85.